The Balaban J connectivity index is 0.949. The van der Waals surface area contributed by atoms with E-state index in [0.717, 1.165) is 20.8 Å². The van der Waals surface area contributed by atoms with Gasteiger partial charge in [0.15, 0.2) is 62.9 Å². The van der Waals surface area contributed by atoms with Crippen molar-refractivity contribution < 1.29 is 242 Å². The minimum absolute atomic E-state index is 0.902. The molecule has 10 saturated heterocycles. The molecule has 52 heteroatoms. The first kappa shape index (κ1) is 96.8. The van der Waals surface area contributed by atoms with Gasteiger partial charge in [0.25, 0.3) is 0 Å². The van der Waals surface area contributed by atoms with Crippen molar-refractivity contribution in [1.82, 2.24) is 16.0 Å². The van der Waals surface area contributed by atoms with Gasteiger partial charge < -0.3 is 244 Å². The fourth-order valence-electron chi connectivity index (χ4n) is 15.4. The lowest BCUT2D eigenvalue weighted by Gasteiger charge is -2.52. The Morgan fingerprint density at radius 3 is 1.01 bits per heavy atom. The molecule has 684 valence electrons. The van der Waals surface area contributed by atoms with E-state index in [1.54, 1.807) is 0 Å². The van der Waals surface area contributed by atoms with E-state index in [9.17, 15) is 152 Å². The third-order valence-corrected chi connectivity index (χ3v) is 22.0. The maximum Gasteiger partial charge on any atom is 0.217 e. The zero-order valence-corrected chi connectivity index (χ0v) is 63.6. The highest BCUT2D eigenvalue weighted by atomic mass is 16.8. The summed E-state index contributed by atoms with van der Waals surface area (Å²) in [6.07, 6.45) is -96.5. The fourth-order valence-corrected chi connectivity index (χ4v) is 15.4. The molecular weight excluding hydrogens is 1620 g/mol. The summed E-state index contributed by atoms with van der Waals surface area (Å²) in [6.45, 7) is -3.64. The van der Waals surface area contributed by atoms with Crippen molar-refractivity contribution in [3.8, 4) is 0 Å². The summed E-state index contributed by atoms with van der Waals surface area (Å²) < 4.78 is 113. The molecule has 50 atom stereocenters. The van der Waals surface area contributed by atoms with Crippen molar-refractivity contribution in [2.24, 2.45) is 0 Å². The van der Waals surface area contributed by atoms with Crippen LogP contribution in [0, 0.1) is 0 Å². The van der Waals surface area contributed by atoms with Crippen molar-refractivity contribution in [2.45, 2.75) is 341 Å². The van der Waals surface area contributed by atoms with Gasteiger partial charge in [0.2, 0.25) is 17.7 Å². The molecule has 0 bridgehead atoms. The summed E-state index contributed by atoms with van der Waals surface area (Å²) in [7, 11) is 0. The second kappa shape index (κ2) is 41.8. The Labute approximate surface area is 668 Å². The SMILES string of the molecule is CC(=O)N[C@H]1[C@H](OC[C@H]2O[C@@H](O[C@H]3[C@H](O)[C@@H](O)C(O)O[C@@H]3CO)[C@H](O)[C@@H](O[C@@H]3O[C@H](CO)[C@@H](O[C@@H]4O[C@@H](C)[C@@H](O)[C@@H](O)[C@@H]4O)[C@H](O[C@@H]4O[C@H](CO)[C@H](O)[C@H](O)[C@H]4O[C@@H]4O[C@@H](C)[C@@H](O)[C@@H](O)[C@@H]4O)[C@H]3NC(C)=O)[C@H]2O)O[C@H](CO)[C@@H](O[C@@H]2O[C@H](CO)[C@H](O)[C@H](O[C@@H]3O[C@H](CO)[C@@H](O)[C@H](O[C@@H]4O[C@H](CO)[C@H](O)[C@H](O)[C@H]4O)[C@H]3NC(C)=O)[C@H]2O)[C@@H]1O. The highest BCUT2D eigenvalue weighted by molar-refractivity contribution is 5.74. The summed E-state index contributed by atoms with van der Waals surface area (Å²) in [4.78, 5) is 39.7. The van der Waals surface area contributed by atoms with E-state index in [1.807, 2.05) is 0 Å². The molecule has 0 saturated carbocycles. The summed E-state index contributed by atoms with van der Waals surface area (Å²) in [5, 5.41) is 307. The monoisotopic (exact) mass is 1730 g/mol. The number of ether oxygens (including phenoxy) is 19. The van der Waals surface area contributed by atoms with Crippen molar-refractivity contribution in [3.63, 3.8) is 0 Å². The molecule has 10 aliphatic rings. The highest BCUT2D eigenvalue weighted by Crippen LogP contribution is 2.41. The van der Waals surface area contributed by atoms with Crippen molar-refractivity contribution >= 4 is 17.7 Å². The van der Waals surface area contributed by atoms with Crippen LogP contribution < -0.4 is 16.0 Å². The molecule has 0 aromatic heterocycles. The number of hydrogen-bond acceptors (Lipinski definition) is 49. The lowest BCUT2D eigenvalue weighted by Crippen LogP contribution is -2.71. The first-order valence-corrected chi connectivity index (χ1v) is 37.9. The van der Waals surface area contributed by atoms with Crippen LogP contribution in [0.3, 0.4) is 0 Å². The van der Waals surface area contributed by atoms with Crippen LogP contribution in [0.2, 0.25) is 0 Å². The maximum absolute atomic E-state index is 13.7. The number of nitrogens with one attached hydrogen (secondary N) is 3. The van der Waals surface area contributed by atoms with E-state index >= 15 is 0 Å². The van der Waals surface area contributed by atoms with Crippen LogP contribution in [0.5, 0.6) is 0 Å². The van der Waals surface area contributed by atoms with Crippen LogP contribution in [0.15, 0.2) is 0 Å². The Hall–Kier alpha value is -3.43. The number of amides is 3. The predicted molar refractivity (Wildman–Crippen MR) is 362 cm³/mol. The normalized spacial score (nSPS) is 51.1. The Kier molecular flexibility index (Phi) is 34.3. The largest absolute Gasteiger partial charge is 0.394 e. The minimum Gasteiger partial charge on any atom is -0.394 e. The molecule has 1 unspecified atom stereocenters. The molecule has 52 nitrogen and oxygen atoms in total. The lowest BCUT2D eigenvalue weighted by atomic mass is 9.93. The zero-order valence-electron chi connectivity index (χ0n) is 63.6. The van der Waals surface area contributed by atoms with Crippen LogP contribution in [-0.2, 0) is 104 Å². The first-order valence-electron chi connectivity index (χ1n) is 37.9. The Morgan fingerprint density at radius 1 is 0.237 bits per heavy atom. The molecule has 10 fully saturated rings. The third kappa shape index (κ3) is 20.8. The number of aliphatic hydroxyl groups is 27. The topological polar surface area (TPSA) is 809 Å². The molecule has 0 spiro atoms. The molecule has 10 rings (SSSR count). The maximum atomic E-state index is 13.7. The van der Waals surface area contributed by atoms with E-state index in [4.69, 9.17) is 90.0 Å². The van der Waals surface area contributed by atoms with Gasteiger partial charge in [-0.15, -0.1) is 0 Å². The van der Waals surface area contributed by atoms with Crippen LogP contribution in [0.4, 0.5) is 0 Å². The molecule has 0 aromatic carbocycles. The molecule has 0 aliphatic carbocycles. The average Bonchev–Trinajstić information content (AvgIpc) is 0.755. The number of rotatable bonds is 29. The quantitative estimate of drug-likeness (QED) is 0.0331. The van der Waals surface area contributed by atoms with Gasteiger partial charge in [-0.1, -0.05) is 0 Å². The molecule has 10 heterocycles. The smallest absolute Gasteiger partial charge is 0.217 e. The number of aliphatic hydroxyl groups excluding tert-OH is 27. The van der Waals surface area contributed by atoms with Crippen molar-refractivity contribution in [2.75, 3.05) is 52.9 Å². The fraction of sp³-hybridized carbons (Fsp3) is 0.955. The summed E-state index contributed by atoms with van der Waals surface area (Å²) in [6, 6.07) is -5.88. The molecular formula is C66H111N3O49. The zero-order chi connectivity index (χ0) is 86.8. The van der Waals surface area contributed by atoms with Crippen LogP contribution >= 0.6 is 0 Å². The summed E-state index contributed by atoms with van der Waals surface area (Å²) >= 11 is 0. The van der Waals surface area contributed by atoms with Crippen LogP contribution in [0.25, 0.3) is 0 Å². The lowest BCUT2D eigenvalue weighted by molar-refractivity contribution is -0.401. The van der Waals surface area contributed by atoms with Gasteiger partial charge in [0.1, 0.15) is 232 Å². The van der Waals surface area contributed by atoms with Crippen LogP contribution in [-0.4, -0.2) is 515 Å². The van der Waals surface area contributed by atoms with E-state index in [1.165, 1.54) is 13.8 Å². The van der Waals surface area contributed by atoms with Gasteiger partial charge >= 0.3 is 0 Å². The van der Waals surface area contributed by atoms with E-state index < -0.39 is 377 Å². The molecule has 0 radical (unpaired) electrons. The highest BCUT2D eigenvalue weighted by Gasteiger charge is 2.62. The summed E-state index contributed by atoms with van der Waals surface area (Å²) in [5.41, 5.74) is 0. The predicted octanol–water partition coefficient (Wildman–Crippen LogP) is -20.3. The molecule has 30 N–H and O–H groups in total. The van der Waals surface area contributed by atoms with Gasteiger partial charge in [0, 0.05) is 20.8 Å². The average molecular weight is 1730 g/mol. The minimum atomic E-state index is -2.51. The molecule has 3 amide bonds. The number of carbonyl (C=O) groups excluding carboxylic acids is 3. The molecule has 10 aliphatic heterocycles. The van der Waals surface area contributed by atoms with Gasteiger partial charge in [-0.2, -0.15) is 0 Å². The second-order valence-electron chi connectivity index (χ2n) is 30.2. The van der Waals surface area contributed by atoms with Gasteiger partial charge in [-0.05, 0) is 13.8 Å². The van der Waals surface area contributed by atoms with Crippen molar-refractivity contribution in [1.29, 1.82) is 0 Å². The number of carbonyl (C=O) groups is 3. The van der Waals surface area contributed by atoms with Gasteiger partial charge in [0.05, 0.1) is 65.1 Å². The van der Waals surface area contributed by atoms with Crippen LogP contribution in [0.1, 0.15) is 34.6 Å². The third-order valence-electron chi connectivity index (χ3n) is 22.0. The van der Waals surface area contributed by atoms with Crippen molar-refractivity contribution in [3.05, 3.63) is 0 Å². The molecule has 118 heavy (non-hydrogen) atoms. The van der Waals surface area contributed by atoms with Gasteiger partial charge in [-0.25, -0.2) is 0 Å². The van der Waals surface area contributed by atoms with E-state index in [2.05, 4.69) is 16.0 Å². The first-order chi connectivity index (χ1) is 55.8. The Morgan fingerprint density at radius 2 is 0.534 bits per heavy atom. The number of hydrogen-bond donors (Lipinski definition) is 30. The standard InChI is InChI=1S/C66H111N3O49/c1-14-30(80)38(88)44(94)61(101-14)113-51-25(12-76)109-60(29(69-18(5)79)53(51)115-66-56(41(91)33(83)20(7-71)107-66)118-62-45(95)39(89)31(81)15(2)102-62)117-55-36(86)26(110-65(48(55)98)112-50-23(10-74)103-57(99)43(93)42(50)92)13-100-58-27(67-16(3)77)37(87)49(24(11-75)108-58)111-64-47(97)54(35(85)22(9-73)106-64)116-59-28(68-17(4)78)52(34(84)21(8-72)104-59)114-63-46(96)40(90)32(82)19(6-70)105-63/h14-15,19-66,70-76,80-99H,6-13H2,1-5H3,(H,67,77)(H,68,78)(H,69,79)/t14-,15-,19+,20+,21+,22+,23+,24+,25+,26+,27+,28+,29+,30+,31+,32-,33-,34+,35-,36-,37+,38+,39+,40-,41-,42+,43+,44-,45-,46+,47+,48+,49+,50+,51+,52+,53+,54-,55-,56+,57?,58+,59-,60-,61-,62-,63-,64-,65-,66-/m0/s1. The van der Waals surface area contributed by atoms with E-state index in [0.29, 0.717) is 0 Å². The second-order valence-corrected chi connectivity index (χ2v) is 30.2. The summed E-state index contributed by atoms with van der Waals surface area (Å²) in [5.74, 6) is -2.91. The van der Waals surface area contributed by atoms with Gasteiger partial charge in [-0.3, -0.25) is 14.4 Å². The molecule has 0 aromatic rings. The van der Waals surface area contributed by atoms with E-state index in [-0.39, 0.29) is 0 Å². The Bertz CT molecular complexity index is 3140.